The quantitative estimate of drug-likeness (QED) is 0.566. The van der Waals surface area contributed by atoms with E-state index in [4.69, 9.17) is 16.3 Å². The van der Waals surface area contributed by atoms with E-state index >= 15 is 0 Å². The fraction of sp³-hybridized carbons (Fsp3) is 0.385. The first-order valence-corrected chi connectivity index (χ1v) is 11.3. The monoisotopic (exact) mass is 438 g/mol. The molecule has 0 aromatic heterocycles. The molecule has 4 rings (SSSR count). The van der Waals surface area contributed by atoms with Crippen LogP contribution in [0.25, 0.3) is 10.8 Å². The Morgan fingerprint density at radius 1 is 0.871 bits per heavy atom. The first-order valence-electron chi connectivity index (χ1n) is 11.0. The van der Waals surface area contributed by atoms with E-state index in [-0.39, 0.29) is 6.04 Å². The van der Waals surface area contributed by atoms with Crippen molar-refractivity contribution >= 4 is 22.4 Å². The third kappa shape index (κ3) is 4.58. The van der Waals surface area contributed by atoms with Crippen LogP contribution < -0.4 is 4.74 Å². The highest BCUT2D eigenvalue weighted by atomic mass is 35.5. The average molecular weight is 439 g/mol. The van der Waals surface area contributed by atoms with Gasteiger partial charge in [-0.3, -0.25) is 9.80 Å². The number of nitrogens with zero attached hydrogens (tertiary/aromatic N) is 2. The highest BCUT2D eigenvalue weighted by Gasteiger charge is 2.28. The van der Waals surface area contributed by atoms with Gasteiger partial charge in [-0.15, -0.1) is 0 Å². The van der Waals surface area contributed by atoms with Crippen molar-refractivity contribution < 1.29 is 9.84 Å². The molecule has 3 atom stereocenters. The van der Waals surface area contributed by atoms with Crippen molar-refractivity contribution in [2.75, 3.05) is 33.3 Å². The second kappa shape index (κ2) is 9.58. The predicted octanol–water partition coefficient (Wildman–Crippen LogP) is 5.30. The number of piperazine rings is 1. The summed E-state index contributed by atoms with van der Waals surface area (Å²) in [7, 11) is 1.62. The van der Waals surface area contributed by atoms with E-state index in [0.717, 1.165) is 42.5 Å². The topological polar surface area (TPSA) is 35.9 Å². The van der Waals surface area contributed by atoms with E-state index in [2.05, 4.69) is 54.0 Å². The molecule has 0 saturated carbocycles. The zero-order valence-electron chi connectivity index (χ0n) is 18.5. The Morgan fingerprint density at radius 2 is 1.55 bits per heavy atom. The third-order valence-electron chi connectivity index (χ3n) is 6.72. The van der Waals surface area contributed by atoms with Gasteiger partial charge in [-0.1, -0.05) is 60.1 Å². The molecule has 1 aliphatic heterocycles. The number of fused-ring (bicyclic) bond motifs is 1. The molecule has 5 heteroatoms. The number of ether oxygens (including phenoxy) is 1. The maximum absolute atomic E-state index is 11.1. The maximum atomic E-state index is 11.1. The lowest BCUT2D eigenvalue weighted by atomic mass is 9.98. The molecule has 0 amide bonds. The van der Waals surface area contributed by atoms with Gasteiger partial charge in [0.1, 0.15) is 5.75 Å². The molecule has 4 nitrogen and oxygen atoms in total. The fourth-order valence-corrected chi connectivity index (χ4v) is 4.90. The van der Waals surface area contributed by atoms with Crippen LogP contribution in [0.15, 0.2) is 60.7 Å². The average Bonchev–Trinajstić information content (AvgIpc) is 2.83. The van der Waals surface area contributed by atoms with Crippen LogP contribution in [-0.2, 0) is 0 Å². The summed E-state index contributed by atoms with van der Waals surface area (Å²) in [5.41, 5.74) is 2.27. The lowest BCUT2D eigenvalue weighted by Crippen LogP contribution is -2.51. The Bertz CT molecular complexity index is 1020. The van der Waals surface area contributed by atoms with Gasteiger partial charge in [0.15, 0.2) is 0 Å². The normalized spacial score (nSPS) is 18.6. The Morgan fingerprint density at radius 3 is 2.23 bits per heavy atom. The van der Waals surface area contributed by atoms with Crippen molar-refractivity contribution in [2.45, 2.75) is 32.0 Å². The second-order valence-electron chi connectivity index (χ2n) is 8.41. The number of halogens is 1. The molecule has 164 valence electrons. The molecule has 3 aromatic carbocycles. The maximum Gasteiger partial charge on any atom is 0.138 e. The summed E-state index contributed by atoms with van der Waals surface area (Å²) in [6, 6.07) is 21.0. The standard InChI is InChI=1S/C26H31ClN2O2/c1-18(20-7-5-4-6-8-20)28-13-15-29(16-14-28)19(2)26(30)22-9-11-23-21(17-22)10-12-24(31-3)25(23)27/h4-12,17-19,26,30H,13-16H2,1-3H3/t18-,19?,26?/m1/s1. The minimum Gasteiger partial charge on any atom is -0.495 e. The minimum absolute atomic E-state index is 0.0420. The van der Waals surface area contributed by atoms with Gasteiger partial charge in [0.25, 0.3) is 0 Å². The number of hydrogen-bond donors (Lipinski definition) is 1. The number of aliphatic hydroxyl groups excluding tert-OH is 1. The van der Waals surface area contributed by atoms with Gasteiger partial charge in [-0.05, 0) is 42.5 Å². The van der Waals surface area contributed by atoms with Crippen molar-refractivity contribution in [3.05, 3.63) is 76.8 Å². The molecule has 1 aliphatic rings. The van der Waals surface area contributed by atoms with Crippen LogP contribution in [0.1, 0.15) is 37.1 Å². The Kier molecular flexibility index (Phi) is 6.83. The number of benzene rings is 3. The molecule has 1 N–H and O–H groups in total. The van der Waals surface area contributed by atoms with Crippen LogP contribution in [0.3, 0.4) is 0 Å². The van der Waals surface area contributed by atoms with Crippen LogP contribution in [-0.4, -0.2) is 54.2 Å². The Balaban J connectivity index is 1.42. The Labute approximate surface area is 190 Å². The zero-order valence-corrected chi connectivity index (χ0v) is 19.2. The number of methoxy groups -OCH3 is 1. The largest absolute Gasteiger partial charge is 0.495 e. The fourth-order valence-electron chi connectivity index (χ4n) is 4.58. The third-order valence-corrected chi connectivity index (χ3v) is 7.11. The summed E-state index contributed by atoms with van der Waals surface area (Å²) in [5.74, 6) is 0.665. The predicted molar refractivity (Wildman–Crippen MR) is 128 cm³/mol. The molecule has 0 aliphatic carbocycles. The van der Waals surface area contributed by atoms with Crippen LogP contribution in [0, 0.1) is 0 Å². The molecule has 31 heavy (non-hydrogen) atoms. The molecule has 0 bridgehead atoms. The molecule has 3 aromatic rings. The first kappa shape index (κ1) is 22.1. The van der Waals surface area contributed by atoms with Crippen molar-refractivity contribution in [1.29, 1.82) is 0 Å². The Hall–Kier alpha value is -2.11. The van der Waals surface area contributed by atoms with E-state index in [1.54, 1.807) is 7.11 Å². The summed E-state index contributed by atoms with van der Waals surface area (Å²) in [6.07, 6.45) is -0.552. The summed E-state index contributed by atoms with van der Waals surface area (Å²) < 4.78 is 5.31. The molecule has 0 radical (unpaired) electrons. The van der Waals surface area contributed by atoms with Crippen molar-refractivity contribution in [1.82, 2.24) is 9.80 Å². The van der Waals surface area contributed by atoms with Crippen LogP contribution in [0.4, 0.5) is 0 Å². The summed E-state index contributed by atoms with van der Waals surface area (Å²) in [5, 5.41) is 13.7. The molecular weight excluding hydrogens is 408 g/mol. The van der Waals surface area contributed by atoms with Crippen molar-refractivity contribution in [3.8, 4) is 5.75 Å². The van der Waals surface area contributed by atoms with E-state index in [0.29, 0.717) is 16.8 Å². The van der Waals surface area contributed by atoms with Gasteiger partial charge in [-0.2, -0.15) is 0 Å². The molecule has 1 saturated heterocycles. The van der Waals surface area contributed by atoms with E-state index < -0.39 is 6.10 Å². The van der Waals surface area contributed by atoms with Gasteiger partial charge < -0.3 is 9.84 Å². The van der Waals surface area contributed by atoms with E-state index in [9.17, 15) is 5.11 Å². The van der Waals surface area contributed by atoms with Crippen molar-refractivity contribution in [3.63, 3.8) is 0 Å². The van der Waals surface area contributed by atoms with E-state index in [1.165, 1.54) is 5.56 Å². The van der Waals surface area contributed by atoms with Crippen molar-refractivity contribution in [2.24, 2.45) is 0 Å². The smallest absolute Gasteiger partial charge is 0.138 e. The number of aliphatic hydroxyl groups is 1. The summed E-state index contributed by atoms with van der Waals surface area (Å²) in [4.78, 5) is 4.92. The van der Waals surface area contributed by atoms with Gasteiger partial charge in [0.2, 0.25) is 0 Å². The summed E-state index contributed by atoms with van der Waals surface area (Å²) in [6.45, 7) is 8.29. The van der Waals surface area contributed by atoms with Crippen LogP contribution in [0.5, 0.6) is 5.75 Å². The van der Waals surface area contributed by atoms with Crippen LogP contribution >= 0.6 is 11.6 Å². The second-order valence-corrected chi connectivity index (χ2v) is 8.78. The molecular formula is C26H31ClN2O2. The van der Waals surface area contributed by atoms with Gasteiger partial charge in [0, 0.05) is 43.6 Å². The lowest BCUT2D eigenvalue weighted by Gasteiger charge is -2.42. The van der Waals surface area contributed by atoms with E-state index in [1.807, 2.05) is 30.3 Å². The highest BCUT2D eigenvalue weighted by Crippen LogP contribution is 2.34. The van der Waals surface area contributed by atoms with Gasteiger partial charge >= 0.3 is 0 Å². The summed E-state index contributed by atoms with van der Waals surface area (Å²) >= 11 is 6.44. The highest BCUT2D eigenvalue weighted by molar-refractivity contribution is 6.37. The molecule has 2 unspecified atom stereocenters. The SMILES string of the molecule is COc1ccc2cc(C(O)C(C)N3CCN([C@H](C)c4ccccc4)CC3)ccc2c1Cl. The van der Waals surface area contributed by atoms with Gasteiger partial charge in [0.05, 0.1) is 18.2 Å². The molecule has 1 fully saturated rings. The van der Waals surface area contributed by atoms with Gasteiger partial charge in [-0.25, -0.2) is 0 Å². The minimum atomic E-state index is -0.552. The number of rotatable bonds is 6. The number of hydrogen-bond acceptors (Lipinski definition) is 4. The zero-order chi connectivity index (χ0) is 22.0. The first-order chi connectivity index (χ1) is 15.0. The molecule has 1 heterocycles. The lowest BCUT2D eigenvalue weighted by molar-refractivity contribution is 0.0174. The molecule has 0 spiro atoms. The van der Waals surface area contributed by atoms with Crippen LogP contribution in [0.2, 0.25) is 5.02 Å².